The number of nitrogens with one attached hydrogen (secondary N) is 2. The first-order valence-corrected chi connectivity index (χ1v) is 16.5. The number of nitrogens with zero attached hydrogens (tertiary/aromatic N) is 4. The predicted molar refractivity (Wildman–Crippen MR) is 184 cm³/mol. The van der Waals surface area contributed by atoms with E-state index in [1.165, 1.54) is 0 Å². The third-order valence-corrected chi connectivity index (χ3v) is 9.31. The Labute approximate surface area is 280 Å². The van der Waals surface area contributed by atoms with E-state index < -0.39 is 10.2 Å². The third kappa shape index (κ3) is 6.83. The van der Waals surface area contributed by atoms with Crippen LogP contribution in [-0.4, -0.2) is 28.0 Å². The zero-order valence-corrected chi connectivity index (χ0v) is 27.6. The van der Waals surface area contributed by atoms with Crippen LogP contribution in [0.3, 0.4) is 0 Å². The molecule has 6 aromatic rings. The lowest BCUT2D eigenvalue weighted by Gasteiger charge is -2.13. The van der Waals surface area contributed by atoms with Crippen molar-refractivity contribution < 1.29 is 8.42 Å². The van der Waals surface area contributed by atoms with Crippen molar-refractivity contribution in [1.29, 1.82) is 0 Å². The van der Waals surface area contributed by atoms with Crippen molar-refractivity contribution in [2.24, 2.45) is 0 Å². The molecule has 0 saturated heterocycles. The predicted octanol–water partition coefficient (Wildman–Crippen LogP) is 9.39. The fourth-order valence-corrected chi connectivity index (χ4v) is 6.33. The van der Waals surface area contributed by atoms with Crippen molar-refractivity contribution in [3.8, 4) is 33.9 Å². The third-order valence-electron chi connectivity index (χ3n) is 6.82. The fraction of sp³-hybridized carbons (Fsp3) is 0.0625. The van der Waals surface area contributed by atoms with Crippen LogP contribution in [0, 0.1) is 13.8 Å². The molecule has 2 heterocycles. The normalized spacial score (nSPS) is 11.5. The van der Waals surface area contributed by atoms with Crippen LogP contribution in [-0.2, 0) is 10.2 Å². The van der Waals surface area contributed by atoms with Crippen molar-refractivity contribution in [1.82, 2.24) is 19.6 Å². The lowest BCUT2D eigenvalue weighted by atomic mass is 10.1. The number of halogens is 4. The molecule has 0 aliphatic rings. The van der Waals surface area contributed by atoms with Crippen molar-refractivity contribution in [2.75, 3.05) is 9.44 Å². The molecule has 0 radical (unpaired) electrons. The van der Waals surface area contributed by atoms with Gasteiger partial charge in [0, 0.05) is 11.1 Å². The van der Waals surface area contributed by atoms with Crippen molar-refractivity contribution in [3.05, 3.63) is 129 Å². The summed E-state index contributed by atoms with van der Waals surface area (Å²) >= 11 is 24.7. The van der Waals surface area contributed by atoms with Gasteiger partial charge in [-0.15, -0.1) is 0 Å². The van der Waals surface area contributed by atoms with Crippen LogP contribution in [0.25, 0.3) is 33.9 Å². The molecule has 0 saturated carbocycles. The van der Waals surface area contributed by atoms with Gasteiger partial charge in [0.25, 0.3) is 0 Å². The Bertz CT molecular complexity index is 2000. The SMILES string of the molecule is Cc1cc(-c2ccc(Cl)c(Cl)c2)n(-c2ccc(NS(=O)(=O)Nc3ccc(-n4nc(C)cc4-c4ccc(Cl)c(Cl)c4)cc3)cc2)n1. The highest BCUT2D eigenvalue weighted by Crippen LogP contribution is 2.32. The Hall–Kier alpha value is -3.99. The van der Waals surface area contributed by atoms with Gasteiger partial charge in [-0.25, -0.2) is 9.36 Å². The van der Waals surface area contributed by atoms with Gasteiger partial charge in [-0.1, -0.05) is 58.5 Å². The molecule has 6 rings (SSSR count). The van der Waals surface area contributed by atoms with Gasteiger partial charge < -0.3 is 0 Å². The quantitative estimate of drug-likeness (QED) is 0.166. The molecule has 0 bridgehead atoms. The Kier molecular flexibility index (Phi) is 8.56. The summed E-state index contributed by atoms with van der Waals surface area (Å²) in [6.07, 6.45) is 0. The minimum atomic E-state index is -3.95. The summed E-state index contributed by atoms with van der Waals surface area (Å²) in [5.74, 6) is 0. The molecule has 45 heavy (non-hydrogen) atoms. The molecule has 13 heteroatoms. The van der Waals surface area contributed by atoms with Crippen molar-refractivity contribution >= 4 is 68.0 Å². The van der Waals surface area contributed by atoms with E-state index in [2.05, 4.69) is 19.6 Å². The van der Waals surface area contributed by atoms with Crippen LogP contribution in [0.4, 0.5) is 11.4 Å². The van der Waals surface area contributed by atoms with Crippen LogP contribution >= 0.6 is 46.4 Å². The maximum atomic E-state index is 13.0. The maximum absolute atomic E-state index is 13.0. The van der Waals surface area contributed by atoms with Crippen molar-refractivity contribution in [3.63, 3.8) is 0 Å². The summed E-state index contributed by atoms with van der Waals surface area (Å²) < 4.78 is 34.6. The Morgan fingerprint density at radius 2 is 0.911 bits per heavy atom. The van der Waals surface area contributed by atoms with E-state index in [0.29, 0.717) is 31.5 Å². The molecule has 0 unspecified atom stereocenters. The molecule has 0 fully saturated rings. The monoisotopic (exact) mass is 696 g/mol. The molecule has 0 amide bonds. The molecule has 0 aliphatic carbocycles. The zero-order chi connectivity index (χ0) is 31.9. The molecule has 0 aliphatic heterocycles. The molecule has 2 N–H and O–H groups in total. The molecule has 228 valence electrons. The van der Waals surface area contributed by atoms with E-state index in [1.54, 1.807) is 82.2 Å². The number of aryl methyl sites for hydroxylation is 2. The second-order valence-corrected chi connectivity index (χ2v) is 13.3. The summed E-state index contributed by atoms with van der Waals surface area (Å²) in [5, 5.41) is 11.0. The summed E-state index contributed by atoms with van der Waals surface area (Å²) in [6, 6.07) is 28.4. The average Bonchev–Trinajstić information content (AvgIpc) is 3.59. The van der Waals surface area contributed by atoms with E-state index in [0.717, 1.165) is 45.3 Å². The standard InChI is InChI=1S/C32H24Cl4N6O2S/c1-19-15-31(21-3-13-27(33)29(35)17-21)41(37-19)25-9-5-23(6-10-25)39-45(43,44)40-24-7-11-26(12-8-24)42-32(16-20(2)38-42)22-4-14-28(34)30(36)18-22/h3-18,39-40H,1-2H3. The Morgan fingerprint density at radius 1 is 0.533 bits per heavy atom. The highest BCUT2D eigenvalue weighted by Gasteiger charge is 2.15. The van der Waals surface area contributed by atoms with Gasteiger partial charge in [0.2, 0.25) is 0 Å². The maximum Gasteiger partial charge on any atom is 0.321 e. The molecule has 0 spiro atoms. The van der Waals surface area contributed by atoms with Crippen molar-refractivity contribution in [2.45, 2.75) is 13.8 Å². The lowest BCUT2D eigenvalue weighted by Crippen LogP contribution is -2.21. The first-order valence-electron chi connectivity index (χ1n) is 13.5. The number of benzene rings is 4. The van der Waals surface area contributed by atoms with Gasteiger partial charge in [0.1, 0.15) is 0 Å². The van der Waals surface area contributed by atoms with Gasteiger partial charge in [-0.2, -0.15) is 18.6 Å². The second kappa shape index (κ2) is 12.4. The average molecular weight is 698 g/mol. The summed E-state index contributed by atoms with van der Waals surface area (Å²) in [7, 11) is -3.95. The molecular formula is C32H24Cl4N6O2S. The van der Waals surface area contributed by atoms with E-state index in [4.69, 9.17) is 46.4 Å². The van der Waals surface area contributed by atoms with Crippen LogP contribution in [0.2, 0.25) is 20.1 Å². The number of hydrogen-bond donors (Lipinski definition) is 2. The van der Waals surface area contributed by atoms with Crippen LogP contribution < -0.4 is 9.44 Å². The molecule has 0 atom stereocenters. The molecule has 8 nitrogen and oxygen atoms in total. The molecular weight excluding hydrogens is 674 g/mol. The van der Waals surface area contributed by atoms with Crippen LogP contribution in [0.5, 0.6) is 0 Å². The smallest absolute Gasteiger partial charge is 0.267 e. The van der Waals surface area contributed by atoms with Crippen LogP contribution in [0.15, 0.2) is 97.1 Å². The van der Waals surface area contributed by atoms with E-state index >= 15 is 0 Å². The number of rotatable bonds is 8. The summed E-state index contributed by atoms with van der Waals surface area (Å²) in [4.78, 5) is 0. The second-order valence-electron chi connectivity index (χ2n) is 10.2. The van der Waals surface area contributed by atoms with E-state index in [1.807, 2.05) is 38.1 Å². The number of hydrogen-bond acceptors (Lipinski definition) is 4. The van der Waals surface area contributed by atoms with Gasteiger partial charge >= 0.3 is 10.2 Å². The van der Waals surface area contributed by atoms with E-state index in [9.17, 15) is 8.42 Å². The lowest BCUT2D eigenvalue weighted by molar-refractivity contribution is 0.606. The fourth-order valence-electron chi connectivity index (χ4n) is 4.79. The zero-order valence-electron chi connectivity index (χ0n) is 23.8. The first kappa shape index (κ1) is 31.0. The summed E-state index contributed by atoms with van der Waals surface area (Å²) in [6.45, 7) is 3.78. The summed E-state index contributed by atoms with van der Waals surface area (Å²) in [5.41, 5.74) is 7.18. The van der Waals surface area contributed by atoms with Crippen LogP contribution in [0.1, 0.15) is 11.4 Å². The highest BCUT2D eigenvalue weighted by molar-refractivity contribution is 7.94. The first-order chi connectivity index (χ1) is 21.5. The largest absolute Gasteiger partial charge is 0.321 e. The Morgan fingerprint density at radius 3 is 1.27 bits per heavy atom. The minimum absolute atomic E-state index is 0.376. The van der Waals surface area contributed by atoms with Gasteiger partial charge in [0.15, 0.2) is 0 Å². The number of anilines is 2. The highest BCUT2D eigenvalue weighted by atomic mass is 35.5. The Balaban J connectivity index is 1.17. The van der Waals surface area contributed by atoms with Gasteiger partial charge in [-0.05, 0) is 98.8 Å². The topological polar surface area (TPSA) is 93.8 Å². The molecule has 4 aromatic carbocycles. The van der Waals surface area contributed by atoms with Gasteiger partial charge in [0.05, 0.1) is 65.6 Å². The van der Waals surface area contributed by atoms with E-state index in [-0.39, 0.29) is 0 Å². The number of aromatic nitrogens is 4. The minimum Gasteiger partial charge on any atom is -0.267 e. The molecule has 2 aromatic heterocycles. The van der Waals surface area contributed by atoms with Gasteiger partial charge in [-0.3, -0.25) is 9.44 Å².